The van der Waals surface area contributed by atoms with Crippen LogP contribution in [0.1, 0.15) is 49.1 Å². The van der Waals surface area contributed by atoms with Gasteiger partial charge in [-0.05, 0) is 61.4 Å². The van der Waals surface area contributed by atoms with Crippen molar-refractivity contribution in [3.05, 3.63) is 70.7 Å². The summed E-state index contributed by atoms with van der Waals surface area (Å²) in [6, 6.07) is 5.91. The number of nitrogens with zero attached hydrogens (tertiary/aromatic N) is 3. The average molecular weight is 510 g/mol. The number of ether oxygens (including phenoxy) is 1. The maximum atomic E-state index is 15.1. The van der Waals surface area contributed by atoms with Crippen molar-refractivity contribution in [3.63, 3.8) is 0 Å². The van der Waals surface area contributed by atoms with E-state index in [0.29, 0.717) is 28.8 Å². The Morgan fingerprint density at radius 2 is 1.84 bits per heavy atom. The molecule has 0 saturated carbocycles. The first-order valence-corrected chi connectivity index (χ1v) is 12.5. The van der Waals surface area contributed by atoms with Gasteiger partial charge in [0.1, 0.15) is 5.82 Å². The van der Waals surface area contributed by atoms with E-state index < -0.39 is 11.8 Å². The Morgan fingerprint density at radius 1 is 1.11 bits per heavy atom. The minimum absolute atomic E-state index is 0.115. The number of rotatable bonds is 8. The van der Waals surface area contributed by atoms with Gasteiger partial charge in [-0.25, -0.2) is 13.8 Å². The van der Waals surface area contributed by atoms with Crippen molar-refractivity contribution in [1.82, 2.24) is 9.97 Å². The highest BCUT2D eigenvalue weighted by Gasteiger charge is 2.29. The van der Waals surface area contributed by atoms with Crippen molar-refractivity contribution < 1.29 is 23.4 Å². The summed E-state index contributed by atoms with van der Waals surface area (Å²) in [7, 11) is 0. The second-order valence-electron chi connectivity index (χ2n) is 10.5. The predicted octanol–water partition coefficient (Wildman–Crippen LogP) is 5.91. The van der Waals surface area contributed by atoms with Crippen LogP contribution in [0.15, 0.2) is 36.7 Å². The zero-order valence-corrected chi connectivity index (χ0v) is 21.8. The number of carboxylic acid groups (broad SMARTS) is 1. The van der Waals surface area contributed by atoms with E-state index in [9.17, 15) is 14.3 Å². The molecule has 0 radical (unpaired) electrons. The van der Waals surface area contributed by atoms with E-state index in [1.165, 1.54) is 24.4 Å². The highest BCUT2D eigenvalue weighted by molar-refractivity contribution is 5.84. The van der Waals surface area contributed by atoms with Crippen LogP contribution in [0.5, 0.6) is 5.88 Å². The Kier molecular flexibility index (Phi) is 7.76. The number of aryl methyl sites for hydroxylation is 2. The van der Waals surface area contributed by atoms with Crippen LogP contribution in [0, 0.1) is 30.9 Å². The van der Waals surface area contributed by atoms with Gasteiger partial charge in [0.2, 0.25) is 5.88 Å². The van der Waals surface area contributed by atoms with Gasteiger partial charge < -0.3 is 14.7 Å². The lowest BCUT2D eigenvalue weighted by Crippen LogP contribution is -2.38. The maximum absolute atomic E-state index is 15.1. The molecule has 0 unspecified atom stereocenters. The second kappa shape index (κ2) is 10.8. The molecule has 6 nitrogen and oxygen atoms in total. The monoisotopic (exact) mass is 509 g/mol. The molecule has 0 spiro atoms. The summed E-state index contributed by atoms with van der Waals surface area (Å²) in [4.78, 5) is 22.6. The van der Waals surface area contributed by atoms with Crippen LogP contribution < -0.4 is 9.64 Å². The summed E-state index contributed by atoms with van der Waals surface area (Å²) in [5.41, 5.74) is 5.18. The molecule has 1 aliphatic heterocycles. The van der Waals surface area contributed by atoms with Gasteiger partial charge in [-0.2, -0.15) is 0 Å². The molecule has 2 aromatic heterocycles. The molecule has 0 amide bonds. The second-order valence-corrected chi connectivity index (χ2v) is 10.5. The first kappa shape index (κ1) is 26.5. The quantitative estimate of drug-likeness (QED) is 0.407. The number of benzene rings is 1. The van der Waals surface area contributed by atoms with Gasteiger partial charge in [0.15, 0.2) is 5.82 Å². The number of halogens is 2. The van der Waals surface area contributed by atoms with Crippen molar-refractivity contribution in [2.75, 3.05) is 24.6 Å². The number of pyridine rings is 2. The fourth-order valence-corrected chi connectivity index (χ4v) is 4.78. The van der Waals surface area contributed by atoms with Gasteiger partial charge in [0.05, 0.1) is 18.7 Å². The molecule has 0 aliphatic carbocycles. The number of carbonyl (C=O) groups is 1. The number of hydrogen-bond acceptors (Lipinski definition) is 5. The molecule has 1 aliphatic rings. The van der Waals surface area contributed by atoms with Crippen LogP contribution in [-0.4, -0.2) is 40.7 Å². The highest BCUT2D eigenvalue weighted by atomic mass is 19.1. The van der Waals surface area contributed by atoms with Gasteiger partial charge in [-0.3, -0.25) is 9.78 Å². The Balaban J connectivity index is 1.61. The molecule has 0 atom stereocenters. The molecule has 4 rings (SSSR count). The number of carboxylic acids is 1. The van der Waals surface area contributed by atoms with Crippen LogP contribution in [0.25, 0.3) is 11.1 Å². The maximum Gasteiger partial charge on any atom is 0.307 e. The zero-order valence-electron chi connectivity index (χ0n) is 21.8. The Labute approximate surface area is 216 Å². The summed E-state index contributed by atoms with van der Waals surface area (Å²) >= 11 is 0. The Bertz CT molecular complexity index is 1300. The summed E-state index contributed by atoms with van der Waals surface area (Å²) in [5.74, 6) is -1.96. The van der Waals surface area contributed by atoms with Crippen LogP contribution in [-0.2, 0) is 17.6 Å². The fourth-order valence-electron chi connectivity index (χ4n) is 4.78. The Morgan fingerprint density at radius 3 is 2.49 bits per heavy atom. The Hall–Kier alpha value is -3.55. The van der Waals surface area contributed by atoms with Crippen LogP contribution >= 0.6 is 0 Å². The minimum atomic E-state index is -0.940. The van der Waals surface area contributed by atoms with Crippen molar-refractivity contribution >= 4 is 11.7 Å². The topological polar surface area (TPSA) is 75.5 Å². The third-order valence-electron chi connectivity index (χ3n) is 7.16. The SMILES string of the molecule is Cc1cc(F)ccc1CCOc1ncc(-c2cnc(C)c(CC(=O)O)c2N2CCC(C)(C)CC2)cc1F. The smallest absolute Gasteiger partial charge is 0.307 e. The van der Waals surface area contributed by atoms with E-state index in [1.54, 1.807) is 19.2 Å². The van der Waals surface area contributed by atoms with E-state index in [-0.39, 0.29) is 30.1 Å². The largest absolute Gasteiger partial charge is 0.481 e. The number of anilines is 1. The fraction of sp³-hybridized carbons (Fsp3) is 0.414. The predicted molar refractivity (Wildman–Crippen MR) is 139 cm³/mol. The van der Waals surface area contributed by atoms with E-state index in [0.717, 1.165) is 42.7 Å². The molecule has 8 heteroatoms. The highest BCUT2D eigenvalue weighted by Crippen LogP contribution is 2.40. The molecule has 3 aromatic rings. The third kappa shape index (κ3) is 6.24. The number of aromatic nitrogens is 2. The molecule has 196 valence electrons. The minimum Gasteiger partial charge on any atom is -0.481 e. The number of hydrogen-bond donors (Lipinski definition) is 1. The summed E-state index contributed by atoms with van der Waals surface area (Å²) in [5, 5.41) is 9.58. The van der Waals surface area contributed by atoms with Crippen LogP contribution in [0.4, 0.5) is 14.5 Å². The third-order valence-corrected chi connectivity index (χ3v) is 7.16. The van der Waals surface area contributed by atoms with Gasteiger partial charge in [0.25, 0.3) is 0 Å². The summed E-state index contributed by atoms with van der Waals surface area (Å²) in [6.07, 6.45) is 5.47. The van der Waals surface area contributed by atoms with Gasteiger partial charge in [-0.1, -0.05) is 19.9 Å². The molecular weight excluding hydrogens is 476 g/mol. The molecule has 1 aromatic carbocycles. The zero-order chi connectivity index (χ0) is 26.7. The number of piperidine rings is 1. The number of aliphatic carboxylic acids is 1. The molecule has 1 fully saturated rings. The lowest BCUT2D eigenvalue weighted by Gasteiger charge is -2.40. The van der Waals surface area contributed by atoms with Gasteiger partial charge in [0, 0.05) is 54.3 Å². The lowest BCUT2D eigenvalue weighted by molar-refractivity contribution is -0.136. The first-order chi connectivity index (χ1) is 17.5. The average Bonchev–Trinajstić information content (AvgIpc) is 2.82. The molecule has 37 heavy (non-hydrogen) atoms. The van der Waals surface area contributed by atoms with Crippen molar-refractivity contribution in [2.24, 2.45) is 5.41 Å². The van der Waals surface area contributed by atoms with E-state index >= 15 is 4.39 Å². The van der Waals surface area contributed by atoms with Gasteiger partial charge in [-0.15, -0.1) is 0 Å². The van der Waals surface area contributed by atoms with E-state index in [4.69, 9.17) is 4.74 Å². The molecule has 3 heterocycles. The molecule has 0 bridgehead atoms. The molecule has 1 saturated heterocycles. The van der Waals surface area contributed by atoms with Crippen molar-refractivity contribution in [3.8, 4) is 17.0 Å². The lowest BCUT2D eigenvalue weighted by atomic mass is 9.82. The molecule has 1 N–H and O–H groups in total. The van der Waals surface area contributed by atoms with E-state index in [2.05, 4.69) is 28.7 Å². The van der Waals surface area contributed by atoms with Crippen LogP contribution in [0.2, 0.25) is 0 Å². The summed E-state index contributed by atoms with van der Waals surface area (Å²) < 4.78 is 34.0. The van der Waals surface area contributed by atoms with E-state index in [1.807, 2.05) is 6.92 Å². The van der Waals surface area contributed by atoms with Crippen molar-refractivity contribution in [1.29, 1.82) is 0 Å². The van der Waals surface area contributed by atoms with Crippen molar-refractivity contribution in [2.45, 2.75) is 53.4 Å². The standard InChI is InChI=1S/C29H33F2N3O3/c1-18-13-22(30)6-5-20(18)7-12-37-28-25(31)14-21(16-33-28)24-17-32-19(2)23(15-26(35)36)27(24)34-10-8-29(3,4)9-11-34/h5-6,13-14,16-17H,7-12,15H2,1-4H3,(H,35,36). The van der Waals surface area contributed by atoms with Gasteiger partial charge >= 0.3 is 5.97 Å². The van der Waals surface area contributed by atoms with Crippen LogP contribution in [0.3, 0.4) is 0 Å². The first-order valence-electron chi connectivity index (χ1n) is 12.5. The summed E-state index contributed by atoms with van der Waals surface area (Å²) in [6.45, 7) is 9.83. The normalized spacial score (nSPS) is 15.0. The molecular formula is C29H33F2N3O3.